The number of ether oxygens (including phenoxy) is 1. The average molecular weight is 225 g/mol. The van der Waals surface area contributed by atoms with Crippen LogP contribution in [0.2, 0.25) is 0 Å². The van der Waals surface area contributed by atoms with Crippen molar-refractivity contribution in [1.82, 2.24) is 4.90 Å². The second-order valence-electron chi connectivity index (χ2n) is 4.95. The fraction of sp³-hybridized carbons (Fsp3) is 0.923. The Hall–Kier alpha value is -0.570. The van der Waals surface area contributed by atoms with Crippen molar-refractivity contribution in [3.8, 4) is 0 Å². The van der Waals surface area contributed by atoms with E-state index in [1.807, 2.05) is 0 Å². The number of carbonyl (C=O) groups is 1. The minimum atomic E-state index is 0.327. The molecule has 0 radical (unpaired) electrons. The molecule has 2 aliphatic rings. The molecule has 0 aromatic rings. The predicted molar refractivity (Wildman–Crippen MR) is 63.2 cm³/mol. The predicted octanol–water partition coefficient (Wildman–Crippen LogP) is 2.35. The number of amides is 1. The molecule has 1 heterocycles. The molecule has 2 fully saturated rings. The standard InChI is InChI=1S/C13H23NO2/c1-2-3-8-13(15)14-9-10-16-12-7-5-4-6-11(12)14/h11-12H,2-10H2,1H3/t11-,12+/m0/s1. The van der Waals surface area contributed by atoms with Crippen LogP contribution in [0.1, 0.15) is 51.9 Å². The van der Waals surface area contributed by atoms with Crippen LogP contribution in [0.4, 0.5) is 0 Å². The van der Waals surface area contributed by atoms with Crippen LogP contribution >= 0.6 is 0 Å². The zero-order chi connectivity index (χ0) is 11.4. The van der Waals surface area contributed by atoms with Gasteiger partial charge in [-0.25, -0.2) is 0 Å². The van der Waals surface area contributed by atoms with Crippen LogP contribution in [0.25, 0.3) is 0 Å². The van der Waals surface area contributed by atoms with Crippen LogP contribution in [0.15, 0.2) is 0 Å². The SMILES string of the molecule is CCCCC(=O)N1CCO[C@@H]2CCCC[C@@H]21. The molecular weight excluding hydrogens is 202 g/mol. The van der Waals surface area contributed by atoms with Gasteiger partial charge in [0.15, 0.2) is 0 Å². The maximum Gasteiger partial charge on any atom is 0.222 e. The summed E-state index contributed by atoms with van der Waals surface area (Å²) in [4.78, 5) is 14.2. The number of hydrogen-bond donors (Lipinski definition) is 0. The van der Waals surface area contributed by atoms with Gasteiger partial charge in [0.25, 0.3) is 0 Å². The lowest BCUT2D eigenvalue weighted by atomic mass is 9.90. The molecule has 0 aromatic heterocycles. The van der Waals surface area contributed by atoms with Gasteiger partial charge in [-0.2, -0.15) is 0 Å². The summed E-state index contributed by atoms with van der Waals surface area (Å²) in [5.74, 6) is 0.349. The third-order valence-corrected chi connectivity index (χ3v) is 3.80. The van der Waals surface area contributed by atoms with Crippen molar-refractivity contribution >= 4 is 5.91 Å². The van der Waals surface area contributed by atoms with Gasteiger partial charge < -0.3 is 9.64 Å². The Bertz CT molecular complexity index is 240. The summed E-state index contributed by atoms with van der Waals surface area (Å²) in [5, 5.41) is 0. The smallest absolute Gasteiger partial charge is 0.222 e. The van der Waals surface area contributed by atoms with E-state index in [2.05, 4.69) is 11.8 Å². The second kappa shape index (κ2) is 5.67. The average Bonchev–Trinajstić information content (AvgIpc) is 2.35. The van der Waals surface area contributed by atoms with E-state index in [9.17, 15) is 4.79 Å². The molecule has 0 bridgehead atoms. The highest BCUT2D eigenvalue weighted by atomic mass is 16.5. The van der Waals surface area contributed by atoms with Crippen LogP contribution in [0.3, 0.4) is 0 Å². The molecule has 2 rings (SSSR count). The summed E-state index contributed by atoms with van der Waals surface area (Å²) in [6.45, 7) is 3.68. The van der Waals surface area contributed by atoms with Crippen molar-refractivity contribution in [3.63, 3.8) is 0 Å². The van der Waals surface area contributed by atoms with Crippen LogP contribution in [-0.4, -0.2) is 36.1 Å². The maximum absolute atomic E-state index is 12.1. The number of hydrogen-bond acceptors (Lipinski definition) is 2. The Balaban J connectivity index is 1.93. The molecule has 3 heteroatoms. The van der Waals surface area contributed by atoms with Gasteiger partial charge in [-0.15, -0.1) is 0 Å². The van der Waals surface area contributed by atoms with E-state index in [0.717, 1.165) is 45.3 Å². The van der Waals surface area contributed by atoms with E-state index >= 15 is 0 Å². The summed E-state index contributed by atoms with van der Waals surface area (Å²) < 4.78 is 5.77. The van der Waals surface area contributed by atoms with Gasteiger partial charge in [0.1, 0.15) is 0 Å². The normalized spacial score (nSPS) is 29.9. The number of fused-ring (bicyclic) bond motifs is 1. The van der Waals surface area contributed by atoms with Crippen LogP contribution in [0.5, 0.6) is 0 Å². The molecule has 1 aliphatic heterocycles. The summed E-state index contributed by atoms with van der Waals surface area (Å²) >= 11 is 0. The molecule has 16 heavy (non-hydrogen) atoms. The summed E-state index contributed by atoms with van der Waals surface area (Å²) in [5.41, 5.74) is 0. The first-order valence-corrected chi connectivity index (χ1v) is 6.74. The van der Waals surface area contributed by atoms with Gasteiger partial charge in [0, 0.05) is 13.0 Å². The number of nitrogens with zero attached hydrogens (tertiary/aromatic N) is 1. The van der Waals surface area contributed by atoms with Crippen molar-refractivity contribution in [1.29, 1.82) is 0 Å². The molecule has 1 saturated heterocycles. The number of carbonyl (C=O) groups excluding carboxylic acids is 1. The Morgan fingerprint density at radius 2 is 2.19 bits per heavy atom. The van der Waals surface area contributed by atoms with E-state index in [1.165, 1.54) is 12.8 Å². The minimum absolute atomic E-state index is 0.327. The van der Waals surface area contributed by atoms with Crippen molar-refractivity contribution in [3.05, 3.63) is 0 Å². The quantitative estimate of drug-likeness (QED) is 0.738. The number of morpholine rings is 1. The van der Waals surface area contributed by atoms with Gasteiger partial charge in [0.05, 0.1) is 18.8 Å². The topological polar surface area (TPSA) is 29.5 Å². The highest BCUT2D eigenvalue weighted by molar-refractivity contribution is 5.76. The van der Waals surface area contributed by atoms with E-state index in [4.69, 9.17) is 4.74 Å². The Kier molecular flexibility index (Phi) is 4.22. The highest BCUT2D eigenvalue weighted by Crippen LogP contribution is 2.28. The summed E-state index contributed by atoms with van der Waals surface area (Å²) in [6.07, 6.45) is 7.97. The summed E-state index contributed by atoms with van der Waals surface area (Å²) in [7, 11) is 0. The van der Waals surface area contributed by atoms with Gasteiger partial charge in [0.2, 0.25) is 5.91 Å². The van der Waals surface area contributed by atoms with Crippen molar-refractivity contribution in [2.45, 2.75) is 64.0 Å². The van der Waals surface area contributed by atoms with Gasteiger partial charge >= 0.3 is 0 Å². The third-order valence-electron chi connectivity index (χ3n) is 3.80. The van der Waals surface area contributed by atoms with Crippen molar-refractivity contribution in [2.75, 3.05) is 13.2 Å². The first-order chi connectivity index (χ1) is 7.83. The molecular formula is C13H23NO2. The molecule has 3 nitrogen and oxygen atoms in total. The number of unbranched alkanes of at least 4 members (excludes halogenated alkanes) is 1. The molecule has 0 unspecified atom stereocenters. The van der Waals surface area contributed by atoms with E-state index in [0.29, 0.717) is 18.1 Å². The van der Waals surface area contributed by atoms with E-state index in [1.54, 1.807) is 0 Å². The van der Waals surface area contributed by atoms with Crippen LogP contribution < -0.4 is 0 Å². The summed E-state index contributed by atoms with van der Waals surface area (Å²) in [6, 6.07) is 0.381. The van der Waals surface area contributed by atoms with Crippen molar-refractivity contribution in [2.24, 2.45) is 0 Å². The molecule has 0 N–H and O–H groups in total. The molecule has 1 aliphatic carbocycles. The lowest BCUT2D eigenvalue weighted by molar-refractivity contribution is -0.149. The lowest BCUT2D eigenvalue weighted by Crippen LogP contribution is -2.54. The van der Waals surface area contributed by atoms with E-state index < -0.39 is 0 Å². The van der Waals surface area contributed by atoms with Gasteiger partial charge in [-0.3, -0.25) is 4.79 Å². The zero-order valence-electron chi connectivity index (χ0n) is 10.3. The first kappa shape index (κ1) is 11.9. The largest absolute Gasteiger partial charge is 0.374 e. The molecule has 1 amide bonds. The van der Waals surface area contributed by atoms with E-state index in [-0.39, 0.29) is 0 Å². The van der Waals surface area contributed by atoms with Crippen molar-refractivity contribution < 1.29 is 9.53 Å². The Morgan fingerprint density at radius 3 is 3.00 bits per heavy atom. The fourth-order valence-corrected chi connectivity index (χ4v) is 2.88. The maximum atomic E-state index is 12.1. The number of rotatable bonds is 3. The highest BCUT2D eigenvalue weighted by Gasteiger charge is 2.36. The zero-order valence-corrected chi connectivity index (χ0v) is 10.3. The van der Waals surface area contributed by atoms with Gasteiger partial charge in [-0.05, 0) is 19.3 Å². The fourth-order valence-electron chi connectivity index (χ4n) is 2.88. The van der Waals surface area contributed by atoms with Gasteiger partial charge in [-0.1, -0.05) is 26.2 Å². The second-order valence-corrected chi connectivity index (χ2v) is 4.95. The molecule has 0 aromatic carbocycles. The monoisotopic (exact) mass is 225 g/mol. The molecule has 92 valence electrons. The Labute approximate surface area is 98.1 Å². The molecule has 2 atom stereocenters. The van der Waals surface area contributed by atoms with Crippen LogP contribution in [-0.2, 0) is 9.53 Å². The molecule has 1 saturated carbocycles. The Morgan fingerprint density at radius 1 is 1.38 bits per heavy atom. The van der Waals surface area contributed by atoms with Crippen LogP contribution in [0, 0.1) is 0 Å². The molecule has 0 spiro atoms. The minimum Gasteiger partial charge on any atom is -0.374 e. The lowest BCUT2D eigenvalue weighted by Gasteiger charge is -2.43. The first-order valence-electron chi connectivity index (χ1n) is 6.74. The third kappa shape index (κ3) is 2.57.